The van der Waals surface area contributed by atoms with Crippen LogP contribution < -0.4 is 5.32 Å². The predicted molar refractivity (Wildman–Crippen MR) is 91.8 cm³/mol. The van der Waals surface area contributed by atoms with Gasteiger partial charge in [0.25, 0.3) is 0 Å². The first-order valence-corrected chi connectivity index (χ1v) is 8.78. The molecule has 2 rings (SSSR count). The van der Waals surface area contributed by atoms with Crippen molar-refractivity contribution in [1.29, 1.82) is 0 Å². The van der Waals surface area contributed by atoms with Crippen LogP contribution in [0, 0.1) is 5.92 Å². The van der Waals surface area contributed by atoms with E-state index in [1.54, 1.807) is 0 Å². The van der Waals surface area contributed by atoms with E-state index in [0.717, 1.165) is 19.5 Å². The van der Waals surface area contributed by atoms with Crippen LogP contribution in [-0.2, 0) is 11.2 Å². The molecule has 1 aromatic rings. The summed E-state index contributed by atoms with van der Waals surface area (Å²) in [5.41, 5.74) is 1.32. The third-order valence-electron chi connectivity index (χ3n) is 4.88. The molecule has 1 N–H and O–H groups in total. The van der Waals surface area contributed by atoms with Crippen molar-refractivity contribution < 1.29 is 4.79 Å². The summed E-state index contributed by atoms with van der Waals surface area (Å²) in [7, 11) is 0. The van der Waals surface area contributed by atoms with Crippen LogP contribution in [-0.4, -0.2) is 36.5 Å². The SMILES string of the molecule is CCN(CC)CC(=O)NC(Cc1ccccc1)C1CCCC1. The predicted octanol–water partition coefficient (Wildman–Crippen LogP) is 3.25. The van der Waals surface area contributed by atoms with Crippen molar-refractivity contribution in [1.82, 2.24) is 10.2 Å². The monoisotopic (exact) mass is 302 g/mol. The highest BCUT2D eigenvalue weighted by Crippen LogP contribution is 2.29. The van der Waals surface area contributed by atoms with Crippen LogP contribution in [0.3, 0.4) is 0 Å². The second-order valence-electron chi connectivity index (χ2n) is 6.37. The normalized spacial score (nSPS) is 16.9. The minimum absolute atomic E-state index is 0.177. The number of carbonyl (C=O) groups excluding carboxylic acids is 1. The molecular weight excluding hydrogens is 272 g/mol. The summed E-state index contributed by atoms with van der Waals surface area (Å²) in [6, 6.07) is 10.8. The van der Waals surface area contributed by atoms with Gasteiger partial charge in [0, 0.05) is 6.04 Å². The van der Waals surface area contributed by atoms with E-state index in [-0.39, 0.29) is 11.9 Å². The van der Waals surface area contributed by atoms with Crippen LogP contribution in [0.4, 0.5) is 0 Å². The van der Waals surface area contributed by atoms with E-state index in [1.807, 2.05) is 6.07 Å². The minimum atomic E-state index is 0.177. The van der Waals surface area contributed by atoms with Crippen LogP contribution in [0.25, 0.3) is 0 Å². The van der Waals surface area contributed by atoms with Gasteiger partial charge in [-0.1, -0.05) is 57.0 Å². The molecule has 1 aliphatic carbocycles. The highest BCUT2D eigenvalue weighted by atomic mass is 16.2. The van der Waals surface area contributed by atoms with Gasteiger partial charge >= 0.3 is 0 Å². The highest BCUT2D eigenvalue weighted by molar-refractivity contribution is 5.78. The second kappa shape index (κ2) is 8.94. The van der Waals surface area contributed by atoms with Gasteiger partial charge in [0.15, 0.2) is 0 Å². The number of likely N-dealkylation sites (N-methyl/N-ethyl adjacent to an activating group) is 1. The molecule has 0 spiro atoms. The molecule has 122 valence electrons. The van der Waals surface area contributed by atoms with E-state index in [9.17, 15) is 4.79 Å². The molecule has 0 aromatic heterocycles. The van der Waals surface area contributed by atoms with Gasteiger partial charge in [0.1, 0.15) is 0 Å². The van der Waals surface area contributed by atoms with Crippen LogP contribution in [0.5, 0.6) is 0 Å². The smallest absolute Gasteiger partial charge is 0.234 e. The zero-order valence-corrected chi connectivity index (χ0v) is 14.1. The van der Waals surface area contributed by atoms with E-state index in [1.165, 1.54) is 31.2 Å². The molecule has 1 aliphatic rings. The summed E-state index contributed by atoms with van der Waals surface area (Å²) in [6.45, 7) is 6.59. The summed E-state index contributed by atoms with van der Waals surface area (Å²) in [6.07, 6.45) is 6.07. The first-order chi connectivity index (χ1) is 10.7. The first-order valence-electron chi connectivity index (χ1n) is 8.78. The van der Waals surface area contributed by atoms with Gasteiger partial charge in [-0.05, 0) is 43.8 Å². The van der Waals surface area contributed by atoms with E-state index in [2.05, 4.69) is 48.3 Å². The fourth-order valence-corrected chi connectivity index (χ4v) is 3.47. The number of hydrogen-bond acceptors (Lipinski definition) is 2. The summed E-state index contributed by atoms with van der Waals surface area (Å²) in [5.74, 6) is 0.817. The summed E-state index contributed by atoms with van der Waals surface area (Å²) < 4.78 is 0. The molecule has 0 aliphatic heterocycles. The molecule has 3 heteroatoms. The zero-order valence-electron chi connectivity index (χ0n) is 14.1. The molecule has 1 amide bonds. The quantitative estimate of drug-likeness (QED) is 0.799. The number of rotatable bonds is 8. The molecule has 0 radical (unpaired) electrons. The maximum absolute atomic E-state index is 12.4. The standard InChI is InChI=1S/C19H30N2O/c1-3-21(4-2)15-19(22)20-18(17-12-8-9-13-17)14-16-10-6-5-7-11-16/h5-7,10-11,17-18H,3-4,8-9,12-15H2,1-2H3,(H,20,22). The van der Waals surface area contributed by atoms with E-state index in [0.29, 0.717) is 12.5 Å². The van der Waals surface area contributed by atoms with Crippen molar-refractivity contribution in [3.63, 3.8) is 0 Å². The molecule has 1 fully saturated rings. The van der Waals surface area contributed by atoms with E-state index < -0.39 is 0 Å². The van der Waals surface area contributed by atoms with Crippen LogP contribution >= 0.6 is 0 Å². The van der Waals surface area contributed by atoms with Crippen LogP contribution in [0.1, 0.15) is 45.1 Å². The number of carbonyl (C=O) groups is 1. The maximum atomic E-state index is 12.4. The largest absolute Gasteiger partial charge is 0.352 e. The van der Waals surface area contributed by atoms with Gasteiger partial charge < -0.3 is 5.32 Å². The zero-order chi connectivity index (χ0) is 15.8. The molecule has 1 saturated carbocycles. The average molecular weight is 302 g/mol. The molecule has 22 heavy (non-hydrogen) atoms. The molecule has 3 nitrogen and oxygen atoms in total. The lowest BCUT2D eigenvalue weighted by Gasteiger charge is -2.26. The molecule has 1 unspecified atom stereocenters. The van der Waals surface area contributed by atoms with Gasteiger partial charge in [-0.25, -0.2) is 0 Å². The average Bonchev–Trinajstić information content (AvgIpc) is 3.07. The van der Waals surface area contributed by atoms with Gasteiger partial charge in [0.05, 0.1) is 6.54 Å². The van der Waals surface area contributed by atoms with E-state index in [4.69, 9.17) is 0 Å². The summed E-state index contributed by atoms with van der Waals surface area (Å²) in [4.78, 5) is 14.5. The Morgan fingerprint density at radius 1 is 1.18 bits per heavy atom. The highest BCUT2D eigenvalue weighted by Gasteiger charge is 2.26. The van der Waals surface area contributed by atoms with Crippen molar-refractivity contribution >= 4 is 5.91 Å². The van der Waals surface area contributed by atoms with Crippen LogP contribution in [0.2, 0.25) is 0 Å². The Morgan fingerprint density at radius 2 is 1.82 bits per heavy atom. The Labute approximate surface area is 135 Å². The van der Waals surface area contributed by atoms with Crippen molar-refractivity contribution in [3.8, 4) is 0 Å². The van der Waals surface area contributed by atoms with Crippen molar-refractivity contribution in [2.24, 2.45) is 5.92 Å². The number of benzene rings is 1. The Morgan fingerprint density at radius 3 is 2.41 bits per heavy atom. The summed E-state index contributed by atoms with van der Waals surface area (Å²) in [5, 5.41) is 3.33. The number of hydrogen-bond donors (Lipinski definition) is 1. The molecule has 1 atom stereocenters. The Hall–Kier alpha value is -1.35. The molecule has 0 bridgehead atoms. The van der Waals surface area contributed by atoms with Crippen molar-refractivity contribution in [3.05, 3.63) is 35.9 Å². The minimum Gasteiger partial charge on any atom is -0.352 e. The molecular formula is C19H30N2O. The summed E-state index contributed by atoms with van der Waals surface area (Å²) >= 11 is 0. The lowest BCUT2D eigenvalue weighted by atomic mass is 9.92. The topological polar surface area (TPSA) is 32.3 Å². The van der Waals surface area contributed by atoms with Crippen molar-refractivity contribution in [2.75, 3.05) is 19.6 Å². The number of nitrogens with one attached hydrogen (secondary N) is 1. The lowest BCUT2D eigenvalue weighted by Crippen LogP contribution is -2.45. The number of amides is 1. The molecule has 0 heterocycles. The van der Waals surface area contributed by atoms with Gasteiger partial charge in [0.2, 0.25) is 5.91 Å². The van der Waals surface area contributed by atoms with Crippen LogP contribution in [0.15, 0.2) is 30.3 Å². The third kappa shape index (κ3) is 5.13. The third-order valence-corrected chi connectivity index (χ3v) is 4.88. The van der Waals surface area contributed by atoms with Gasteiger partial charge in [-0.3, -0.25) is 9.69 Å². The molecule has 0 saturated heterocycles. The lowest BCUT2D eigenvalue weighted by molar-refractivity contribution is -0.123. The first kappa shape index (κ1) is 17.0. The Bertz CT molecular complexity index is 436. The Balaban J connectivity index is 1.96. The van der Waals surface area contributed by atoms with Gasteiger partial charge in [-0.2, -0.15) is 0 Å². The second-order valence-corrected chi connectivity index (χ2v) is 6.37. The van der Waals surface area contributed by atoms with E-state index >= 15 is 0 Å². The molecule has 1 aromatic carbocycles. The fraction of sp³-hybridized carbons (Fsp3) is 0.632. The fourth-order valence-electron chi connectivity index (χ4n) is 3.47. The van der Waals surface area contributed by atoms with Crippen molar-refractivity contribution in [2.45, 2.75) is 52.0 Å². The number of nitrogens with zero attached hydrogens (tertiary/aromatic N) is 1. The van der Waals surface area contributed by atoms with Gasteiger partial charge in [-0.15, -0.1) is 0 Å². The Kier molecular flexibility index (Phi) is 6.91. The maximum Gasteiger partial charge on any atom is 0.234 e.